The number of ether oxygens (including phenoxy) is 1. The molecule has 0 aliphatic rings. The van der Waals surface area contributed by atoms with Crippen LogP contribution in [0.5, 0.6) is 0 Å². The van der Waals surface area contributed by atoms with Crippen molar-refractivity contribution in [1.29, 1.82) is 0 Å². The van der Waals surface area contributed by atoms with E-state index in [0.29, 0.717) is 0 Å². The standard InChI is InChI=1S/C6H10O6/c1-3(8)5(4(9)2-7)12-6(10)11/h2-5,8-9H,1H3,(H,10,11). The Kier molecular flexibility index (Phi) is 4.24. The van der Waals surface area contributed by atoms with Crippen LogP contribution in [0.15, 0.2) is 0 Å². The van der Waals surface area contributed by atoms with Crippen molar-refractivity contribution in [3.8, 4) is 0 Å². The fourth-order valence-electron chi connectivity index (χ4n) is 0.647. The second kappa shape index (κ2) is 4.68. The molecule has 0 bridgehead atoms. The van der Waals surface area contributed by atoms with Gasteiger partial charge >= 0.3 is 6.16 Å². The first-order valence-corrected chi connectivity index (χ1v) is 3.20. The van der Waals surface area contributed by atoms with Crippen molar-refractivity contribution >= 4 is 12.4 Å². The van der Waals surface area contributed by atoms with Crippen LogP contribution in [0.3, 0.4) is 0 Å². The van der Waals surface area contributed by atoms with E-state index < -0.39 is 24.5 Å². The van der Waals surface area contributed by atoms with Gasteiger partial charge in [0.1, 0.15) is 6.10 Å². The maximum Gasteiger partial charge on any atom is 0.506 e. The second-order valence-corrected chi connectivity index (χ2v) is 2.22. The Morgan fingerprint density at radius 3 is 2.25 bits per heavy atom. The van der Waals surface area contributed by atoms with Gasteiger partial charge in [0.05, 0.1) is 6.10 Å². The smallest absolute Gasteiger partial charge is 0.450 e. The Morgan fingerprint density at radius 1 is 1.50 bits per heavy atom. The van der Waals surface area contributed by atoms with Crippen LogP contribution in [-0.4, -0.2) is 46.1 Å². The lowest BCUT2D eigenvalue weighted by Crippen LogP contribution is -2.40. The monoisotopic (exact) mass is 178 g/mol. The van der Waals surface area contributed by atoms with E-state index >= 15 is 0 Å². The number of carboxylic acid groups (broad SMARTS) is 1. The average Bonchev–Trinajstić information content (AvgIpc) is 1.98. The van der Waals surface area contributed by atoms with E-state index in [-0.39, 0.29) is 6.29 Å². The fourth-order valence-corrected chi connectivity index (χ4v) is 0.647. The molecule has 12 heavy (non-hydrogen) atoms. The molecule has 0 fully saturated rings. The van der Waals surface area contributed by atoms with Crippen LogP contribution in [0.25, 0.3) is 0 Å². The molecule has 0 radical (unpaired) electrons. The minimum Gasteiger partial charge on any atom is -0.450 e. The van der Waals surface area contributed by atoms with Gasteiger partial charge in [-0.05, 0) is 6.92 Å². The zero-order valence-electron chi connectivity index (χ0n) is 6.38. The summed E-state index contributed by atoms with van der Waals surface area (Å²) in [4.78, 5) is 20.0. The van der Waals surface area contributed by atoms with Crippen LogP contribution in [0.2, 0.25) is 0 Å². The Hall–Kier alpha value is -1.14. The largest absolute Gasteiger partial charge is 0.506 e. The number of aldehydes is 1. The van der Waals surface area contributed by atoms with Crippen molar-refractivity contribution in [2.75, 3.05) is 0 Å². The summed E-state index contributed by atoms with van der Waals surface area (Å²) in [5.74, 6) is 0. The lowest BCUT2D eigenvalue weighted by Gasteiger charge is -2.19. The molecule has 0 aliphatic heterocycles. The highest BCUT2D eigenvalue weighted by Gasteiger charge is 2.27. The number of hydrogen-bond acceptors (Lipinski definition) is 5. The number of carbonyl (C=O) groups excluding carboxylic acids is 1. The molecule has 3 unspecified atom stereocenters. The van der Waals surface area contributed by atoms with Gasteiger partial charge in [0.2, 0.25) is 0 Å². The van der Waals surface area contributed by atoms with E-state index in [1.165, 1.54) is 6.92 Å². The molecule has 0 aromatic rings. The molecule has 0 spiro atoms. The predicted octanol–water partition coefficient (Wildman–Crippen LogP) is -1.01. The number of hydrogen-bond donors (Lipinski definition) is 3. The number of carbonyl (C=O) groups is 2. The normalized spacial score (nSPS) is 17.6. The maximum absolute atomic E-state index is 10.00. The highest BCUT2D eigenvalue weighted by atomic mass is 16.7. The minimum atomic E-state index is -1.65. The van der Waals surface area contributed by atoms with Gasteiger partial charge < -0.3 is 24.9 Å². The zero-order chi connectivity index (χ0) is 9.72. The van der Waals surface area contributed by atoms with E-state index in [4.69, 9.17) is 15.3 Å². The van der Waals surface area contributed by atoms with Gasteiger partial charge in [-0.2, -0.15) is 0 Å². The first kappa shape index (κ1) is 10.9. The summed E-state index contributed by atoms with van der Waals surface area (Å²) in [6, 6.07) is 0. The van der Waals surface area contributed by atoms with Crippen LogP contribution in [-0.2, 0) is 9.53 Å². The maximum atomic E-state index is 10.00. The van der Waals surface area contributed by atoms with Crippen LogP contribution >= 0.6 is 0 Å². The summed E-state index contributed by atoms with van der Waals surface area (Å²) in [6.07, 6.45) is -5.86. The lowest BCUT2D eigenvalue weighted by molar-refractivity contribution is -0.127. The topological polar surface area (TPSA) is 104 Å². The fraction of sp³-hybridized carbons (Fsp3) is 0.667. The zero-order valence-corrected chi connectivity index (χ0v) is 6.38. The lowest BCUT2D eigenvalue weighted by atomic mass is 10.1. The Labute approximate surface area is 68.4 Å². The molecule has 6 nitrogen and oxygen atoms in total. The van der Waals surface area contributed by atoms with Crippen molar-refractivity contribution in [3.05, 3.63) is 0 Å². The van der Waals surface area contributed by atoms with Gasteiger partial charge in [0, 0.05) is 0 Å². The molecule has 0 amide bonds. The molecule has 0 rings (SSSR count). The van der Waals surface area contributed by atoms with Gasteiger partial charge in [0.25, 0.3) is 0 Å². The first-order chi connectivity index (χ1) is 5.49. The second-order valence-electron chi connectivity index (χ2n) is 2.22. The van der Waals surface area contributed by atoms with E-state index in [0.717, 1.165) is 0 Å². The molecule has 0 aromatic heterocycles. The van der Waals surface area contributed by atoms with Gasteiger partial charge in [-0.25, -0.2) is 4.79 Å². The molecule has 0 aliphatic carbocycles. The third-order valence-corrected chi connectivity index (χ3v) is 1.19. The highest BCUT2D eigenvalue weighted by molar-refractivity contribution is 5.60. The Balaban J connectivity index is 4.22. The summed E-state index contributed by atoms with van der Waals surface area (Å²) in [5, 5.41) is 25.8. The van der Waals surface area contributed by atoms with Crippen molar-refractivity contribution in [3.63, 3.8) is 0 Å². The third kappa shape index (κ3) is 3.31. The molecule has 0 saturated heterocycles. The summed E-state index contributed by atoms with van der Waals surface area (Å²) < 4.78 is 4.05. The summed E-state index contributed by atoms with van der Waals surface area (Å²) in [6.45, 7) is 1.21. The van der Waals surface area contributed by atoms with E-state index in [2.05, 4.69) is 4.74 Å². The number of aliphatic hydroxyl groups is 2. The van der Waals surface area contributed by atoms with Gasteiger partial charge in [-0.3, -0.25) is 0 Å². The van der Waals surface area contributed by atoms with Crippen molar-refractivity contribution in [2.24, 2.45) is 0 Å². The van der Waals surface area contributed by atoms with Gasteiger partial charge in [-0.15, -0.1) is 0 Å². The first-order valence-electron chi connectivity index (χ1n) is 3.20. The van der Waals surface area contributed by atoms with Crippen molar-refractivity contribution < 1.29 is 29.6 Å². The average molecular weight is 178 g/mol. The van der Waals surface area contributed by atoms with Crippen LogP contribution in [0.4, 0.5) is 4.79 Å². The Bertz CT molecular complexity index is 165. The molecule has 70 valence electrons. The highest BCUT2D eigenvalue weighted by Crippen LogP contribution is 2.03. The number of rotatable bonds is 4. The molecule has 0 heterocycles. The Morgan fingerprint density at radius 2 is 2.00 bits per heavy atom. The third-order valence-electron chi connectivity index (χ3n) is 1.19. The number of aliphatic hydroxyl groups excluding tert-OH is 2. The van der Waals surface area contributed by atoms with Gasteiger partial charge in [-0.1, -0.05) is 0 Å². The molecular weight excluding hydrogens is 168 g/mol. The minimum absolute atomic E-state index is 0.0975. The molecule has 0 aromatic carbocycles. The van der Waals surface area contributed by atoms with Crippen LogP contribution in [0.1, 0.15) is 6.92 Å². The molecule has 3 N–H and O–H groups in total. The van der Waals surface area contributed by atoms with Crippen LogP contribution < -0.4 is 0 Å². The van der Waals surface area contributed by atoms with Crippen LogP contribution in [0, 0.1) is 0 Å². The predicted molar refractivity (Wildman–Crippen MR) is 36.6 cm³/mol. The molecular formula is C6H10O6. The summed E-state index contributed by atoms with van der Waals surface area (Å²) in [7, 11) is 0. The van der Waals surface area contributed by atoms with Crippen molar-refractivity contribution in [1.82, 2.24) is 0 Å². The molecule has 0 saturated carbocycles. The molecule has 6 heteroatoms. The van der Waals surface area contributed by atoms with E-state index in [9.17, 15) is 9.59 Å². The van der Waals surface area contributed by atoms with Gasteiger partial charge in [0.15, 0.2) is 12.4 Å². The van der Waals surface area contributed by atoms with E-state index in [1.54, 1.807) is 0 Å². The van der Waals surface area contributed by atoms with Crippen molar-refractivity contribution in [2.45, 2.75) is 25.2 Å². The molecule has 3 atom stereocenters. The van der Waals surface area contributed by atoms with E-state index in [1.807, 2.05) is 0 Å². The summed E-state index contributed by atoms with van der Waals surface area (Å²) in [5.41, 5.74) is 0. The SMILES string of the molecule is CC(O)C(OC(=O)O)C(O)C=O. The quantitative estimate of drug-likeness (QED) is 0.376. The summed E-state index contributed by atoms with van der Waals surface area (Å²) >= 11 is 0.